The Morgan fingerprint density at radius 2 is 1.57 bits per heavy atom. The predicted octanol–water partition coefficient (Wildman–Crippen LogP) is 3.89. The molecule has 3 heteroatoms. The number of aryl methyl sites for hydroxylation is 2. The SMILES string of the molecule is NC(=O)Cc1cc(CCCC2CC2)cc(CCCC2CC2)c1O. The third kappa shape index (κ3) is 5.26. The summed E-state index contributed by atoms with van der Waals surface area (Å²) in [4.78, 5) is 11.3. The fraction of sp³-hybridized carbons (Fsp3) is 0.650. The van der Waals surface area contributed by atoms with E-state index < -0.39 is 0 Å². The van der Waals surface area contributed by atoms with Crippen molar-refractivity contribution in [1.29, 1.82) is 0 Å². The van der Waals surface area contributed by atoms with Gasteiger partial charge in [0, 0.05) is 5.56 Å². The van der Waals surface area contributed by atoms with Gasteiger partial charge in [-0.25, -0.2) is 0 Å². The summed E-state index contributed by atoms with van der Waals surface area (Å²) in [6.07, 6.45) is 12.5. The molecule has 0 atom stereocenters. The number of rotatable bonds is 10. The molecule has 0 heterocycles. The molecule has 0 bridgehead atoms. The standard InChI is InChI=1S/C20H29NO2/c21-19(22)13-18-12-16(5-1-3-14-7-8-14)11-17(20(18)23)6-2-4-15-9-10-15/h11-12,14-15,23H,1-10,13H2,(H2,21,22). The largest absolute Gasteiger partial charge is 0.507 e. The summed E-state index contributed by atoms with van der Waals surface area (Å²) in [5, 5.41) is 10.5. The Morgan fingerprint density at radius 3 is 2.13 bits per heavy atom. The van der Waals surface area contributed by atoms with Crippen molar-refractivity contribution in [3.63, 3.8) is 0 Å². The summed E-state index contributed by atoms with van der Waals surface area (Å²) in [7, 11) is 0. The maximum Gasteiger partial charge on any atom is 0.221 e. The molecular weight excluding hydrogens is 286 g/mol. The molecule has 1 aromatic carbocycles. The number of hydrogen-bond donors (Lipinski definition) is 2. The molecule has 3 rings (SSSR count). The van der Waals surface area contributed by atoms with E-state index in [1.165, 1.54) is 50.5 Å². The van der Waals surface area contributed by atoms with Crippen LogP contribution in [0.15, 0.2) is 12.1 Å². The number of aromatic hydroxyl groups is 1. The highest BCUT2D eigenvalue weighted by molar-refractivity contribution is 5.77. The molecular formula is C20H29NO2. The molecule has 2 aliphatic carbocycles. The molecule has 0 aromatic heterocycles. The third-order valence-electron chi connectivity index (χ3n) is 5.22. The minimum absolute atomic E-state index is 0.137. The van der Waals surface area contributed by atoms with Crippen LogP contribution in [0, 0.1) is 11.8 Å². The minimum atomic E-state index is -0.376. The van der Waals surface area contributed by atoms with Crippen molar-refractivity contribution in [1.82, 2.24) is 0 Å². The maximum atomic E-state index is 11.3. The van der Waals surface area contributed by atoms with E-state index in [2.05, 4.69) is 6.07 Å². The number of phenolic OH excluding ortho intramolecular Hbond substituents is 1. The van der Waals surface area contributed by atoms with Crippen molar-refractivity contribution in [2.75, 3.05) is 0 Å². The molecule has 0 saturated heterocycles. The molecule has 1 amide bonds. The number of benzene rings is 1. The van der Waals surface area contributed by atoms with Gasteiger partial charge in [-0.2, -0.15) is 0 Å². The molecule has 0 spiro atoms. The van der Waals surface area contributed by atoms with Crippen LogP contribution >= 0.6 is 0 Å². The highest BCUT2D eigenvalue weighted by Crippen LogP contribution is 2.36. The van der Waals surface area contributed by atoms with Crippen molar-refractivity contribution >= 4 is 5.91 Å². The summed E-state index contributed by atoms with van der Waals surface area (Å²) in [6.45, 7) is 0. The van der Waals surface area contributed by atoms with Gasteiger partial charge in [-0.3, -0.25) is 4.79 Å². The van der Waals surface area contributed by atoms with Crippen LogP contribution in [-0.4, -0.2) is 11.0 Å². The van der Waals surface area contributed by atoms with Crippen molar-refractivity contribution in [2.45, 2.75) is 70.6 Å². The Morgan fingerprint density at radius 1 is 1.00 bits per heavy atom. The van der Waals surface area contributed by atoms with Gasteiger partial charge in [0.25, 0.3) is 0 Å². The molecule has 126 valence electrons. The molecule has 23 heavy (non-hydrogen) atoms. The number of phenols is 1. The van der Waals surface area contributed by atoms with Crippen molar-refractivity contribution in [2.24, 2.45) is 17.6 Å². The van der Waals surface area contributed by atoms with E-state index in [1.54, 1.807) is 0 Å². The summed E-state index contributed by atoms with van der Waals surface area (Å²) >= 11 is 0. The van der Waals surface area contributed by atoms with Gasteiger partial charge in [0.05, 0.1) is 6.42 Å². The summed E-state index contributed by atoms with van der Waals surface area (Å²) < 4.78 is 0. The molecule has 2 fully saturated rings. The fourth-order valence-electron chi connectivity index (χ4n) is 3.48. The Bertz CT molecular complexity index is 559. The zero-order valence-corrected chi connectivity index (χ0v) is 14.0. The lowest BCUT2D eigenvalue weighted by atomic mass is 9.95. The van der Waals surface area contributed by atoms with E-state index in [4.69, 9.17) is 5.73 Å². The molecule has 1 aromatic rings. The quantitative estimate of drug-likeness (QED) is 0.688. The van der Waals surface area contributed by atoms with Gasteiger partial charge in [-0.05, 0) is 48.6 Å². The summed E-state index contributed by atoms with van der Waals surface area (Å²) in [5.74, 6) is 1.80. The second-order valence-electron chi connectivity index (χ2n) is 7.58. The van der Waals surface area contributed by atoms with Crippen LogP contribution in [0.2, 0.25) is 0 Å². The van der Waals surface area contributed by atoms with Gasteiger partial charge in [-0.1, -0.05) is 50.7 Å². The maximum absolute atomic E-state index is 11.3. The highest BCUT2D eigenvalue weighted by Gasteiger charge is 2.22. The topological polar surface area (TPSA) is 63.3 Å². The summed E-state index contributed by atoms with van der Waals surface area (Å²) in [6, 6.07) is 4.14. The van der Waals surface area contributed by atoms with Gasteiger partial charge >= 0.3 is 0 Å². The number of amides is 1. The Labute approximate surface area is 139 Å². The average molecular weight is 315 g/mol. The second kappa shape index (κ2) is 7.37. The molecule has 2 aliphatic rings. The van der Waals surface area contributed by atoms with Crippen molar-refractivity contribution < 1.29 is 9.90 Å². The van der Waals surface area contributed by atoms with Crippen LogP contribution in [0.25, 0.3) is 0 Å². The smallest absolute Gasteiger partial charge is 0.221 e. The van der Waals surface area contributed by atoms with Crippen LogP contribution in [0.3, 0.4) is 0 Å². The van der Waals surface area contributed by atoms with Crippen LogP contribution < -0.4 is 5.73 Å². The number of hydrogen-bond acceptors (Lipinski definition) is 2. The van der Waals surface area contributed by atoms with Gasteiger partial charge in [0.1, 0.15) is 5.75 Å². The lowest BCUT2D eigenvalue weighted by Gasteiger charge is -2.13. The molecule has 0 aliphatic heterocycles. The number of carbonyl (C=O) groups is 1. The minimum Gasteiger partial charge on any atom is -0.507 e. The number of carbonyl (C=O) groups excluding carboxylic acids is 1. The van der Waals surface area contributed by atoms with Crippen molar-refractivity contribution in [3.8, 4) is 5.75 Å². The highest BCUT2D eigenvalue weighted by atomic mass is 16.3. The molecule has 0 radical (unpaired) electrons. The predicted molar refractivity (Wildman–Crippen MR) is 92.3 cm³/mol. The van der Waals surface area contributed by atoms with Gasteiger partial charge in [0.2, 0.25) is 5.91 Å². The second-order valence-corrected chi connectivity index (χ2v) is 7.58. The molecule has 2 saturated carbocycles. The Kier molecular flexibility index (Phi) is 5.24. The first-order chi connectivity index (χ1) is 11.1. The lowest BCUT2D eigenvalue weighted by Crippen LogP contribution is -2.14. The monoisotopic (exact) mass is 315 g/mol. The van der Waals surface area contributed by atoms with E-state index in [9.17, 15) is 9.90 Å². The van der Waals surface area contributed by atoms with E-state index in [1.807, 2.05) is 6.07 Å². The fourth-order valence-corrected chi connectivity index (χ4v) is 3.48. The van der Waals surface area contributed by atoms with Crippen LogP contribution in [0.5, 0.6) is 5.75 Å². The van der Waals surface area contributed by atoms with Crippen LogP contribution in [0.4, 0.5) is 0 Å². The average Bonchev–Trinajstić information content (AvgIpc) is 3.37. The molecule has 0 unspecified atom stereocenters. The van der Waals surface area contributed by atoms with E-state index in [0.717, 1.165) is 36.7 Å². The van der Waals surface area contributed by atoms with Gasteiger partial charge in [0.15, 0.2) is 0 Å². The molecule has 3 N–H and O–H groups in total. The van der Waals surface area contributed by atoms with Gasteiger partial charge < -0.3 is 10.8 Å². The third-order valence-corrected chi connectivity index (χ3v) is 5.22. The first-order valence-electron chi connectivity index (χ1n) is 9.23. The van der Waals surface area contributed by atoms with E-state index in [0.29, 0.717) is 11.3 Å². The molecule has 3 nitrogen and oxygen atoms in total. The Balaban J connectivity index is 1.66. The van der Waals surface area contributed by atoms with Crippen molar-refractivity contribution in [3.05, 3.63) is 28.8 Å². The number of primary amides is 1. The lowest BCUT2D eigenvalue weighted by molar-refractivity contribution is -0.117. The van der Waals surface area contributed by atoms with E-state index in [-0.39, 0.29) is 12.3 Å². The van der Waals surface area contributed by atoms with Gasteiger partial charge in [-0.15, -0.1) is 0 Å². The normalized spacial score (nSPS) is 17.4. The number of nitrogens with two attached hydrogens (primary N) is 1. The van der Waals surface area contributed by atoms with Crippen LogP contribution in [-0.2, 0) is 24.1 Å². The first kappa shape index (κ1) is 16.4. The van der Waals surface area contributed by atoms with Crippen LogP contribution in [0.1, 0.15) is 68.1 Å². The zero-order chi connectivity index (χ0) is 16.2. The first-order valence-corrected chi connectivity index (χ1v) is 9.23. The zero-order valence-electron chi connectivity index (χ0n) is 14.0. The van der Waals surface area contributed by atoms with E-state index >= 15 is 0 Å². The summed E-state index contributed by atoms with van der Waals surface area (Å²) in [5.41, 5.74) is 8.31. The Hall–Kier alpha value is -1.51.